The van der Waals surface area contributed by atoms with Gasteiger partial charge in [-0.15, -0.1) is 0 Å². The molecule has 3 atom stereocenters. The molecule has 0 saturated carbocycles. The van der Waals surface area contributed by atoms with Crippen molar-refractivity contribution < 1.29 is 19.7 Å². The number of esters is 1. The highest BCUT2D eigenvalue weighted by Crippen LogP contribution is 2.53. The number of carbonyl (C=O) groups excluding carboxylic acids is 1. The number of hydrogen-bond donors (Lipinski definition) is 2. The van der Waals surface area contributed by atoms with Crippen LogP contribution in [0.5, 0.6) is 0 Å². The van der Waals surface area contributed by atoms with E-state index in [-0.39, 0.29) is 23.7 Å². The molecule has 2 N–H and O–H groups in total. The first kappa shape index (κ1) is 17.5. The van der Waals surface area contributed by atoms with E-state index < -0.39 is 17.3 Å². The Hall–Kier alpha value is -0.870. The third-order valence-corrected chi connectivity index (χ3v) is 4.96. The lowest BCUT2D eigenvalue weighted by molar-refractivity contribution is -0.159. The molecule has 4 heteroatoms. The van der Waals surface area contributed by atoms with Gasteiger partial charge in [-0.2, -0.15) is 0 Å². The fourth-order valence-corrected chi connectivity index (χ4v) is 3.81. The van der Waals surface area contributed by atoms with Gasteiger partial charge in [0.1, 0.15) is 5.60 Å². The van der Waals surface area contributed by atoms with Crippen LogP contribution in [0.25, 0.3) is 0 Å². The summed E-state index contributed by atoms with van der Waals surface area (Å²) in [7, 11) is 0. The second-order valence-corrected chi connectivity index (χ2v) is 8.74. The van der Waals surface area contributed by atoms with E-state index in [1.807, 2.05) is 34.6 Å². The van der Waals surface area contributed by atoms with Crippen LogP contribution in [0.1, 0.15) is 67.2 Å². The number of aliphatic hydroxyl groups excluding tert-OH is 1. The van der Waals surface area contributed by atoms with E-state index in [0.717, 1.165) is 17.6 Å². The van der Waals surface area contributed by atoms with Gasteiger partial charge in [0.15, 0.2) is 0 Å². The molecule has 4 nitrogen and oxygen atoms in total. The largest absolute Gasteiger partial charge is 0.460 e. The van der Waals surface area contributed by atoms with E-state index in [1.54, 1.807) is 0 Å². The SMILES string of the molecule is C[C@@H]1CC[C@](O)(CC(=O)OC(C)(C)C)C2=C1[C@@H](O)C(C)(C)C2. The topological polar surface area (TPSA) is 66.8 Å². The minimum Gasteiger partial charge on any atom is -0.460 e. The summed E-state index contributed by atoms with van der Waals surface area (Å²) in [6.07, 6.45) is 1.40. The van der Waals surface area contributed by atoms with E-state index in [9.17, 15) is 15.0 Å². The molecular formula is C18H30O4. The fraction of sp³-hybridized carbons (Fsp3) is 0.833. The van der Waals surface area contributed by atoms with Crippen LogP contribution in [0.15, 0.2) is 11.1 Å². The molecule has 0 fully saturated rings. The molecule has 2 aliphatic rings. The maximum atomic E-state index is 12.2. The molecule has 0 unspecified atom stereocenters. The Morgan fingerprint density at radius 2 is 1.95 bits per heavy atom. The van der Waals surface area contributed by atoms with Gasteiger partial charge in [-0.05, 0) is 62.5 Å². The minimum absolute atomic E-state index is 0.0291. The summed E-state index contributed by atoms with van der Waals surface area (Å²) in [5.41, 5.74) is -0.192. The van der Waals surface area contributed by atoms with Gasteiger partial charge in [-0.25, -0.2) is 0 Å². The lowest BCUT2D eigenvalue weighted by Gasteiger charge is -2.37. The molecule has 0 aromatic rings. The summed E-state index contributed by atoms with van der Waals surface area (Å²) in [4.78, 5) is 12.2. The monoisotopic (exact) mass is 310 g/mol. The van der Waals surface area contributed by atoms with Crippen LogP contribution in [0.3, 0.4) is 0 Å². The average Bonchev–Trinajstić information content (AvgIpc) is 2.55. The third kappa shape index (κ3) is 3.23. The second-order valence-electron chi connectivity index (χ2n) is 8.74. The van der Waals surface area contributed by atoms with Gasteiger partial charge in [0.05, 0.1) is 18.1 Å². The van der Waals surface area contributed by atoms with Gasteiger partial charge in [0.2, 0.25) is 0 Å². The predicted molar refractivity (Wildman–Crippen MR) is 85.2 cm³/mol. The molecule has 126 valence electrons. The van der Waals surface area contributed by atoms with Crippen molar-refractivity contribution in [2.45, 2.75) is 84.5 Å². The van der Waals surface area contributed by atoms with Crippen LogP contribution in [0.4, 0.5) is 0 Å². The molecule has 0 aliphatic heterocycles. The van der Waals surface area contributed by atoms with Gasteiger partial charge in [-0.1, -0.05) is 20.8 Å². The van der Waals surface area contributed by atoms with Crippen molar-refractivity contribution in [3.05, 3.63) is 11.1 Å². The molecule has 0 heterocycles. The Labute approximate surface area is 133 Å². The molecule has 0 amide bonds. The zero-order valence-corrected chi connectivity index (χ0v) is 14.7. The van der Waals surface area contributed by atoms with Crippen molar-refractivity contribution in [2.24, 2.45) is 11.3 Å². The first-order valence-corrected chi connectivity index (χ1v) is 8.21. The predicted octanol–water partition coefficient (Wildman–Crippen LogP) is 2.97. The first-order valence-electron chi connectivity index (χ1n) is 8.21. The van der Waals surface area contributed by atoms with Gasteiger partial charge in [-0.3, -0.25) is 4.79 Å². The van der Waals surface area contributed by atoms with E-state index in [1.165, 1.54) is 0 Å². The van der Waals surface area contributed by atoms with Crippen LogP contribution in [-0.2, 0) is 9.53 Å². The summed E-state index contributed by atoms with van der Waals surface area (Å²) < 4.78 is 5.38. The summed E-state index contributed by atoms with van der Waals surface area (Å²) in [5, 5.41) is 21.7. The summed E-state index contributed by atoms with van der Waals surface area (Å²) >= 11 is 0. The lowest BCUT2D eigenvalue weighted by atomic mass is 9.73. The quantitative estimate of drug-likeness (QED) is 0.608. The van der Waals surface area contributed by atoms with Crippen LogP contribution in [0, 0.1) is 11.3 Å². The maximum Gasteiger partial charge on any atom is 0.309 e. The van der Waals surface area contributed by atoms with Crippen molar-refractivity contribution >= 4 is 5.97 Å². The Kier molecular flexibility index (Phi) is 4.25. The highest BCUT2D eigenvalue weighted by Gasteiger charge is 2.51. The zero-order chi connectivity index (χ0) is 16.9. The molecule has 0 aromatic heterocycles. The van der Waals surface area contributed by atoms with E-state index >= 15 is 0 Å². The molecule has 0 spiro atoms. The highest BCUT2D eigenvalue weighted by atomic mass is 16.6. The van der Waals surface area contributed by atoms with Crippen molar-refractivity contribution in [3.8, 4) is 0 Å². The second kappa shape index (κ2) is 5.34. The van der Waals surface area contributed by atoms with E-state index in [2.05, 4.69) is 6.92 Å². The average molecular weight is 310 g/mol. The smallest absolute Gasteiger partial charge is 0.309 e. The molecule has 0 bridgehead atoms. The van der Waals surface area contributed by atoms with Crippen molar-refractivity contribution in [2.75, 3.05) is 0 Å². The van der Waals surface area contributed by atoms with Crippen LogP contribution < -0.4 is 0 Å². The minimum atomic E-state index is -1.17. The van der Waals surface area contributed by atoms with Crippen LogP contribution in [0.2, 0.25) is 0 Å². The molecule has 2 aliphatic carbocycles. The van der Waals surface area contributed by atoms with Crippen molar-refractivity contribution in [1.82, 2.24) is 0 Å². The highest BCUT2D eigenvalue weighted by molar-refractivity contribution is 5.72. The molecule has 2 rings (SSSR count). The first-order chi connectivity index (χ1) is 9.86. The van der Waals surface area contributed by atoms with Gasteiger partial charge < -0.3 is 14.9 Å². The molecule has 22 heavy (non-hydrogen) atoms. The Morgan fingerprint density at radius 1 is 1.36 bits per heavy atom. The Balaban J connectivity index is 2.27. The summed E-state index contributed by atoms with van der Waals surface area (Å²) in [6.45, 7) is 11.6. The number of carbonyl (C=O) groups is 1. The Morgan fingerprint density at radius 3 is 2.50 bits per heavy atom. The number of ether oxygens (including phenoxy) is 1. The van der Waals surface area contributed by atoms with Crippen molar-refractivity contribution in [3.63, 3.8) is 0 Å². The van der Waals surface area contributed by atoms with Crippen LogP contribution in [-0.4, -0.2) is 33.5 Å². The summed E-state index contributed by atoms with van der Waals surface area (Å²) in [5.74, 6) is -0.124. The Bertz CT molecular complexity index is 498. The van der Waals surface area contributed by atoms with Crippen molar-refractivity contribution in [1.29, 1.82) is 0 Å². The van der Waals surface area contributed by atoms with Gasteiger partial charge in [0, 0.05) is 0 Å². The van der Waals surface area contributed by atoms with Crippen LogP contribution >= 0.6 is 0 Å². The third-order valence-electron chi connectivity index (χ3n) is 4.96. The maximum absolute atomic E-state index is 12.2. The van der Waals surface area contributed by atoms with Gasteiger partial charge >= 0.3 is 5.97 Å². The lowest BCUT2D eigenvalue weighted by Crippen LogP contribution is -2.40. The molecular weight excluding hydrogens is 280 g/mol. The van der Waals surface area contributed by atoms with E-state index in [0.29, 0.717) is 12.8 Å². The zero-order valence-electron chi connectivity index (χ0n) is 14.7. The summed E-state index contributed by atoms with van der Waals surface area (Å²) in [6, 6.07) is 0. The number of aliphatic hydroxyl groups is 2. The number of hydrogen-bond acceptors (Lipinski definition) is 4. The van der Waals surface area contributed by atoms with E-state index in [4.69, 9.17) is 4.74 Å². The molecule has 0 saturated heterocycles. The fourth-order valence-electron chi connectivity index (χ4n) is 3.81. The standard InChI is InChI=1S/C18H30O4/c1-11-7-8-18(21,10-13(19)22-16(2,3)4)12-9-17(5,6)15(20)14(11)12/h11,15,20-21H,7-10H2,1-6H3/t11-,15-,18+/m1/s1. The molecule has 0 aromatic carbocycles. The number of rotatable bonds is 2. The molecule has 0 radical (unpaired) electrons. The normalized spacial score (nSPS) is 34.5. The van der Waals surface area contributed by atoms with Gasteiger partial charge in [0.25, 0.3) is 0 Å².